The second kappa shape index (κ2) is 39.3. The fraction of sp³-hybridized carbons (Fsp3) is 0.960. The third-order valence-corrected chi connectivity index (χ3v) is 12.7. The van der Waals surface area contributed by atoms with E-state index in [1.165, 1.54) is 173 Å². The fourth-order valence-electron chi connectivity index (χ4n) is 8.50. The Hall–Kier alpha value is -1.14. The number of esters is 2. The van der Waals surface area contributed by atoms with Crippen LogP contribution >= 0.6 is 0 Å². The third kappa shape index (κ3) is 30.9. The van der Waals surface area contributed by atoms with Crippen LogP contribution in [0.15, 0.2) is 0 Å². The lowest BCUT2D eigenvalue weighted by Gasteiger charge is -2.38. The van der Waals surface area contributed by atoms with Crippen LogP contribution < -0.4 is 0 Å². The molecule has 0 N–H and O–H groups in total. The maximum Gasteiger partial charge on any atom is 0.305 e. The minimum atomic E-state index is -0.00567. The van der Waals surface area contributed by atoms with E-state index in [-0.39, 0.29) is 11.9 Å². The van der Waals surface area contributed by atoms with Gasteiger partial charge in [-0.2, -0.15) is 0 Å². The molecule has 0 bridgehead atoms. The molecule has 2 unspecified atom stereocenters. The van der Waals surface area contributed by atoms with Crippen LogP contribution in [-0.4, -0.2) is 73.7 Å². The second-order valence-corrected chi connectivity index (χ2v) is 17.9. The van der Waals surface area contributed by atoms with E-state index in [4.69, 9.17) is 9.47 Å². The molecule has 332 valence electrons. The lowest BCUT2D eigenvalue weighted by Crippen LogP contribution is -2.44. The maximum absolute atomic E-state index is 12.8. The van der Waals surface area contributed by atoms with Gasteiger partial charge in [0.2, 0.25) is 0 Å². The molecular formula is C50H98N2O4. The average Bonchev–Trinajstić information content (AvgIpc) is 3.18. The zero-order chi connectivity index (χ0) is 40.7. The van der Waals surface area contributed by atoms with E-state index in [0.717, 1.165) is 64.4 Å². The summed E-state index contributed by atoms with van der Waals surface area (Å²) >= 11 is 0. The molecular weight excluding hydrogens is 693 g/mol. The number of rotatable bonds is 43. The molecule has 0 radical (unpaired) electrons. The molecule has 1 fully saturated rings. The molecule has 56 heavy (non-hydrogen) atoms. The third-order valence-electron chi connectivity index (χ3n) is 12.7. The zero-order valence-electron chi connectivity index (χ0n) is 38.5. The highest BCUT2D eigenvalue weighted by atomic mass is 16.5. The van der Waals surface area contributed by atoms with Gasteiger partial charge in [0.05, 0.1) is 13.2 Å². The summed E-state index contributed by atoms with van der Waals surface area (Å²) in [4.78, 5) is 31.0. The predicted octanol–water partition coefficient (Wildman–Crippen LogP) is 14.3. The molecule has 6 heteroatoms. The molecule has 0 aromatic carbocycles. The minimum absolute atomic E-state index is 0.00567. The van der Waals surface area contributed by atoms with Crippen LogP contribution in [0.2, 0.25) is 0 Å². The Labute approximate surface area is 350 Å². The molecule has 0 aliphatic heterocycles. The van der Waals surface area contributed by atoms with Gasteiger partial charge < -0.3 is 14.4 Å². The van der Waals surface area contributed by atoms with Crippen LogP contribution in [0.5, 0.6) is 0 Å². The Bertz CT molecular complexity index is 808. The summed E-state index contributed by atoms with van der Waals surface area (Å²) < 4.78 is 11.8. The van der Waals surface area contributed by atoms with E-state index in [0.29, 0.717) is 37.9 Å². The second-order valence-electron chi connectivity index (χ2n) is 17.9. The Morgan fingerprint density at radius 1 is 0.464 bits per heavy atom. The monoisotopic (exact) mass is 791 g/mol. The molecule has 0 heterocycles. The van der Waals surface area contributed by atoms with Gasteiger partial charge in [-0.15, -0.1) is 0 Å². The van der Waals surface area contributed by atoms with E-state index in [2.05, 4.69) is 44.4 Å². The molecule has 0 saturated heterocycles. The topological polar surface area (TPSA) is 59.1 Å². The highest BCUT2D eigenvalue weighted by molar-refractivity contribution is 5.69. The summed E-state index contributed by atoms with van der Waals surface area (Å²) in [5.41, 5.74) is 0. The predicted molar refractivity (Wildman–Crippen MR) is 241 cm³/mol. The molecule has 0 spiro atoms. The highest BCUT2D eigenvalue weighted by Gasteiger charge is 2.24. The summed E-state index contributed by atoms with van der Waals surface area (Å²) in [5.74, 6) is 1.03. The first-order valence-corrected chi connectivity index (χ1v) is 25.2. The maximum atomic E-state index is 12.8. The number of ether oxygens (including phenoxy) is 2. The summed E-state index contributed by atoms with van der Waals surface area (Å²) in [6, 6.07) is 0.763. The van der Waals surface area contributed by atoms with Gasteiger partial charge >= 0.3 is 11.9 Å². The van der Waals surface area contributed by atoms with Crippen molar-refractivity contribution in [3.8, 4) is 0 Å². The molecule has 0 aromatic rings. The Kier molecular flexibility index (Phi) is 37.1. The van der Waals surface area contributed by atoms with Crippen molar-refractivity contribution < 1.29 is 19.1 Å². The van der Waals surface area contributed by atoms with Gasteiger partial charge in [0.1, 0.15) is 0 Å². The first-order valence-electron chi connectivity index (χ1n) is 25.2. The molecule has 2 atom stereocenters. The van der Waals surface area contributed by atoms with E-state index < -0.39 is 0 Å². The number of hydrogen-bond acceptors (Lipinski definition) is 6. The summed E-state index contributed by atoms with van der Waals surface area (Å²) in [5, 5.41) is 0. The number of carbonyl (C=O) groups is 2. The van der Waals surface area contributed by atoms with Gasteiger partial charge in [-0.25, -0.2) is 0 Å². The number of nitrogens with zero attached hydrogens (tertiary/aromatic N) is 2. The molecule has 0 amide bonds. The van der Waals surface area contributed by atoms with Crippen molar-refractivity contribution in [1.29, 1.82) is 0 Å². The van der Waals surface area contributed by atoms with Crippen LogP contribution in [0.4, 0.5) is 0 Å². The van der Waals surface area contributed by atoms with Crippen LogP contribution in [0.1, 0.15) is 247 Å². The number of likely N-dealkylation sites (N-methyl/N-ethyl adjacent to an activating group) is 1. The van der Waals surface area contributed by atoms with E-state index in [1.807, 2.05) is 0 Å². The van der Waals surface area contributed by atoms with Crippen molar-refractivity contribution >= 4 is 11.9 Å². The smallest absolute Gasteiger partial charge is 0.305 e. The molecule has 1 aliphatic carbocycles. The van der Waals surface area contributed by atoms with Crippen LogP contribution in [0.25, 0.3) is 0 Å². The van der Waals surface area contributed by atoms with Gasteiger partial charge in [-0.1, -0.05) is 169 Å². The molecule has 1 rings (SSSR count). The van der Waals surface area contributed by atoms with E-state index in [1.54, 1.807) is 0 Å². The quantitative estimate of drug-likeness (QED) is 0.0453. The highest BCUT2D eigenvalue weighted by Crippen LogP contribution is 2.25. The van der Waals surface area contributed by atoms with Crippen molar-refractivity contribution in [1.82, 2.24) is 9.80 Å². The Morgan fingerprint density at radius 2 is 0.839 bits per heavy atom. The zero-order valence-corrected chi connectivity index (χ0v) is 38.5. The fourth-order valence-corrected chi connectivity index (χ4v) is 8.50. The molecule has 0 aromatic heterocycles. The van der Waals surface area contributed by atoms with Crippen molar-refractivity contribution in [2.75, 3.05) is 45.9 Å². The van der Waals surface area contributed by atoms with E-state index >= 15 is 0 Å². The summed E-state index contributed by atoms with van der Waals surface area (Å²) in [7, 11) is 0. The number of unbranched alkanes of at least 4 members (excludes halogenated alkanes) is 18. The lowest BCUT2D eigenvalue weighted by molar-refractivity contribution is -0.146. The average molecular weight is 791 g/mol. The molecule has 1 aliphatic rings. The number of carbonyl (C=O) groups excluding carboxylic acids is 2. The Balaban J connectivity index is 2.50. The Morgan fingerprint density at radius 3 is 1.20 bits per heavy atom. The van der Waals surface area contributed by atoms with Crippen molar-refractivity contribution in [3.05, 3.63) is 0 Å². The van der Waals surface area contributed by atoms with Crippen LogP contribution in [0.3, 0.4) is 0 Å². The standard InChI is InChI=1S/C50H98N2O4/c1-6-11-15-19-21-25-34-46(32-23-17-13-8-3)44-55-49(53)38-27-29-40-51(42-43-52(10-5)48-36-31-37-48)41-30-28-39-50(54)56-45-47(33-24-18-14-9-4)35-26-22-20-16-12-7-2/h46-48H,6-45H2,1-5H3. The van der Waals surface area contributed by atoms with Gasteiger partial charge in [-0.3, -0.25) is 14.5 Å². The van der Waals surface area contributed by atoms with Crippen molar-refractivity contribution in [2.45, 2.75) is 253 Å². The van der Waals surface area contributed by atoms with Crippen LogP contribution in [0, 0.1) is 11.8 Å². The van der Waals surface area contributed by atoms with E-state index in [9.17, 15) is 9.59 Å². The SMILES string of the molecule is CCCCCCCCC(CCCCCC)COC(=O)CCCCN(CCCCC(=O)OCC(CCCCCC)CCCCCCCC)CCN(CC)C1CCC1. The van der Waals surface area contributed by atoms with Gasteiger partial charge in [0.15, 0.2) is 0 Å². The normalized spacial score (nSPS) is 14.3. The van der Waals surface area contributed by atoms with Gasteiger partial charge in [0.25, 0.3) is 0 Å². The first-order chi connectivity index (χ1) is 27.5. The first kappa shape index (κ1) is 52.9. The summed E-state index contributed by atoms with van der Waals surface area (Å²) in [6.07, 6.45) is 39.8. The number of hydrogen-bond donors (Lipinski definition) is 0. The van der Waals surface area contributed by atoms with Gasteiger partial charge in [-0.05, 0) is 95.7 Å². The largest absolute Gasteiger partial charge is 0.465 e. The summed E-state index contributed by atoms with van der Waals surface area (Å²) in [6.45, 7) is 17.9. The molecule has 1 saturated carbocycles. The lowest BCUT2D eigenvalue weighted by atomic mass is 9.91. The van der Waals surface area contributed by atoms with Crippen molar-refractivity contribution in [3.63, 3.8) is 0 Å². The minimum Gasteiger partial charge on any atom is -0.465 e. The van der Waals surface area contributed by atoms with Gasteiger partial charge in [0, 0.05) is 32.0 Å². The molecule has 6 nitrogen and oxygen atoms in total. The van der Waals surface area contributed by atoms with Crippen molar-refractivity contribution in [2.24, 2.45) is 11.8 Å². The van der Waals surface area contributed by atoms with Crippen LogP contribution in [-0.2, 0) is 19.1 Å².